The second-order valence-corrected chi connectivity index (χ2v) is 3.62. The molecule has 96 valence electrons. The van der Waals surface area contributed by atoms with Crippen molar-refractivity contribution in [2.45, 2.75) is 6.18 Å². The molecule has 1 aromatic heterocycles. The van der Waals surface area contributed by atoms with E-state index in [2.05, 4.69) is 15.0 Å². The molecule has 0 fully saturated rings. The van der Waals surface area contributed by atoms with Gasteiger partial charge in [0.25, 0.3) is 0 Å². The largest absolute Gasteiger partial charge is 0.411 e. The van der Waals surface area contributed by atoms with Crippen LogP contribution in [0.2, 0.25) is 5.02 Å². The summed E-state index contributed by atoms with van der Waals surface area (Å²) in [6.45, 7) is -1.18. The summed E-state index contributed by atoms with van der Waals surface area (Å²) in [6.07, 6.45) is -2.92. The van der Waals surface area contributed by atoms with Crippen molar-refractivity contribution in [1.82, 2.24) is 4.98 Å². The van der Waals surface area contributed by atoms with Crippen molar-refractivity contribution in [3.63, 3.8) is 0 Å². The lowest BCUT2D eigenvalue weighted by atomic mass is 10.4. The molecule has 0 radical (unpaired) electrons. The normalized spacial score (nSPS) is 11.5. The SMILES string of the molecule is Nc1cc(Cl)cnc1NCCOCC(F)(F)F. The summed E-state index contributed by atoms with van der Waals surface area (Å²) >= 11 is 5.63. The average molecular weight is 270 g/mol. The highest BCUT2D eigenvalue weighted by atomic mass is 35.5. The first kappa shape index (κ1) is 13.9. The van der Waals surface area contributed by atoms with Gasteiger partial charge < -0.3 is 15.8 Å². The van der Waals surface area contributed by atoms with Crippen molar-refractivity contribution < 1.29 is 17.9 Å². The quantitative estimate of drug-likeness (QED) is 0.806. The standard InChI is InChI=1S/C9H11ClF3N3O/c10-6-3-7(14)8(16-4-6)15-1-2-17-5-9(11,12)13/h3-4H,1-2,5,14H2,(H,15,16). The van der Waals surface area contributed by atoms with Gasteiger partial charge in [0.15, 0.2) is 0 Å². The zero-order valence-corrected chi connectivity index (χ0v) is 9.48. The van der Waals surface area contributed by atoms with E-state index in [1.54, 1.807) is 0 Å². The first-order valence-corrected chi connectivity index (χ1v) is 5.05. The fourth-order valence-corrected chi connectivity index (χ4v) is 1.20. The van der Waals surface area contributed by atoms with Crippen LogP contribution in [-0.2, 0) is 4.74 Å². The molecule has 8 heteroatoms. The number of nitrogens with zero attached hydrogens (tertiary/aromatic N) is 1. The highest BCUT2D eigenvalue weighted by Gasteiger charge is 2.27. The number of pyridine rings is 1. The number of halogens is 4. The van der Waals surface area contributed by atoms with E-state index < -0.39 is 12.8 Å². The number of nitrogens with one attached hydrogen (secondary N) is 1. The third-order valence-corrected chi connectivity index (χ3v) is 1.90. The van der Waals surface area contributed by atoms with E-state index in [1.165, 1.54) is 12.3 Å². The molecule has 0 aliphatic rings. The Hall–Kier alpha value is -1.21. The minimum Gasteiger partial charge on any atom is -0.396 e. The van der Waals surface area contributed by atoms with Crippen LogP contribution in [0.1, 0.15) is 0 Å². The van der Waals surface area contributed by atoms with E-state index in [0.717, 1.165) is 0 Å². The molecule has 0 atom stereocenters. The summed E-state index contributed by atoms with van der Waals surface area (Å²) in [5.74, 6) is 0.366. The summed E-state index contributed by atoms with van der Waals surface area (Å²) in [5, 5.41) is 3.13. The number of ether oxygens (including phenoxy) is 1. The van der Waals surface area contributed by atoms with E-state index in [-0.39, 0.29) is 13.2 Å². The number of nitrogens with two attached hydrogens (primary N) is 1. The minimum atomic E-state index is -4.31. The molecule has 1 heterocycles. The Balaban J connectivity index is 2.27. The molecule has 4 nitrogen and oxygen atoms in total. The Bertz CT molecular complexity index is 373. The average Bonchev–Trinajstić information content (AvgIpc) is 2.18. The van der Waals surface area contributed by atoms with Crippen molar-refractivity contribution in [3.05, 3.63) is 17.3 Å². The van der Waals surface area contributed by atoms with E-state index in [0.29, 0.717) is 16.5 Å². The maximum Gasteiger partial charge on any atom is 0.411 e. The second-order valence-electron chi connectivity index (χ2n) is 3.19. The first-order chi connectivity index (χ1) is 7.88. The summed E-state index contributed by atoms with van der Waals surface area (Å²) < 4.78 is 39.6. The molecule has 0 saturated carbocycles. The van der Waals surface area contributed by atoms with Gasteiger partial charge in [-0.25, -0.2) is 4.98 Å². The molecule has 1 aromatic rings. The van der Waals surface area contributed by atoms with Gasteiger partial charge in [-0.2, -0.15) is 13.2 Å². The van der Waals surface area contributed by atoms with Crippen LogP contribution in [0.3, 0.4) is 0 Å². The van der Waals surface area contributed by atoms with Crippen LogP contribution in [0, 0.1) is 0 Å². The number of hydrogen-bond donors (Lipinski definition) is 2. The smallest absolute Gasteiger partial charge is 0.396 e. The van der Waals surface area contributed by atoms with Crippen LogP contribution in [-0.4, -0.2) is 30.9 Å². The van der Waals surface area contributed by atoms with Crippen molar-refractivity contribution in [2.75, 3.05) is 30.8 Å². The van der Waals surface area contributed by atoms with Crippen LogP contribution < -0.4 is 11.1 Å². The Morgan fingerprint density at radius 2 is 2.18 bits per heavy atom. The zero-order chi connectivity index (χ0) is 12.9. The fourth-order valence-electron chi connectivity index (χ4n) is 1.03. The first-order valence-electron chi connectivity index (χ1n) is 4.68. The van der Waals surface area contributed by atoms with Crippen LogP contribution >= 0.6 is 11.6 Å². The molecule has 0 aliphatic carbocycles. The van der Waals surface area contributed by atoms with Crippen LogP contribution in [0.25, 0.3) is 0 Å². The maximum atomic E-state index is 11.7. The number of aromatic nitrogens is 1. The topological polar surface area (TPSA) is 60.2 Å². The van der Waals surface area contributed by atoms with Gasteiger partial charge in [-0.05, 0) is 6.07 Å². The molecule has 0 spiro atoms. The monoisotopic (exact) mass is 269 g/mol. The molecule has 17 heavy (non-hydrogen) atoms. The van der Waals surface area contributed by atoms with Crippen molar-refractivity contribution in [2.24, 2.45) is 0 Å². The van der Waals surface area contributed by atoms with Crippen LogP contribution in [0.4, 0.5) is 24.7 Å². The lowest BCUT2D eigenvalue weighted by Gasteiger charge is -2.10. The molecule has 0 saturated heterocycles. The highest BCUT2D eigenvalue weighted by Crippen LogP contribution is 2.19. The molecular weight excluding hydrogens is 259 g/mol. The third-order valence-electron chi connectivity index (χ3n) is 1.69. The van der Waals surface area contributed by atoms with Gasteiger partial charge in [-0.15, -0.1) is 0 Å². The van der Waals surface area contributed by atoms with Gasteiger partial charge in [-0.1, -0.05) is 11.6 Å². The predicted octanol–water partition coefficient (Wildman–Crippen LogP) is 2.31. The summed E-state index contributed by atoms with van der Waals surface area (Å²) in [4.78, 5) is 3.88. The number of anilines is 2. The van der Waals surface area contributed by atoms with Crippen molar-refractivity contribution >= 4 is 23.1 Å². The molecule has 0 unspecified atom stereocenters. The van der Waals surface area contributed by atoms with Gasteiger partial charge in [0.2, 0.25) is 0 Å². The Kier molecular flexibility index (Phi) is 4.83. The molecular formula is C9H11ClF3N3O. The van der Waals surface area contributed by atoms with Gasteiger partial charge in [0, 0.05) is 12.7 Å². The summed E-state index contributed by atoms with van der Waals surface area (Å²) in [7, 11) is 0. The van der Waals surface area contributed by atoms with Gasteiger partial charge in [-0.3, -0.25) is 0 Å². The van der Waals surface area contributed by atoms with E-state index in [4.69, 9.17) is 17.3 Å². The van der Waals surface area contributed by atoms with E-state index in [9.17, 15) is 13.2 Å². The lowest BCUT2D eigenvalue weighted by molar-refractivity contribution is -0.172. The van der Waals surface area contributed by atoms with Crippen molar-refractivity contribution in [1.29, 1.82) is 0 Å². The minimum absolute atomic E-state index is 0.0940. The van der Waals surface area contributed by atoms with Gasteiger partial charge in [0.05, 0.1) is 17.3 Å². The maximum absolute atomic E-state index is 11.7. The number of hydrogen-bond acceptors (Lipinski definition) is 4. The van der Waals surface area contributed by atoms with Crippen LogP contribution in [0.5, 0.6) is 0 Å². The molecule has 3 N–H and O–H groups in total. The third kappa shape index (κ3) is 5.60. The molecule has 0 bridgehead atoms. The molecule has 0 amide bonds. The number of nitrogen functional groups attached to an aromatic ring is 1. The Labute approximate surface area is 101 Å². The second kappa shape index (κ2) is 5.92. The predicted molar refractivity (Wildman–Crippen MR) is 59.0 cm³/mol. The highest BCUT2D eigenvalue weighted by molar-refractivity contribution is 6.30. The van der Waals surface area contributed by atoms with Crippen molar-refractivity contribution in [3.8, 4) is 0 Å². The van der Waals surface area contributed by atoms with E-state index in [1.807, 2.05) is 0 Å². The summed E-state index contributed by atoms with van der Waals surface area (Å²) in [5.41, 5.74) is 5.90. The van der Waals surface area contributed by atoms with Gasteiger partial charge >= 0.3 is 6.18 Å². The Morgan fingerprint density at radius 3 is 2.76 bits per heavy atom. The lowest BCUT2D eigenvalue weighted by Crippen LogP contribution is -2.20. The fraction of sp³-hybridized carbons (Fsp3) is 0.444. The van der Waals surface area contributed by atoms with Gasteiger partial charge in [0.1, 0.15) is 12.4 Å². The molecule has 1 rings (SSSR count). The Morgan fingerprint density at radius 1 is 1.47 bits per heavy atom. The number of alkyl halides is 3. The molecule has 0 aliphatic heterocycles. The zero-order valence-electron chi connectivity index (χ0n) is 8.72. The number of rotatable bonds is 5. The van der Waals surface area contributed by atoms with Crippen LogP contribution in [0.15, 0.2) is 12.3 Å². The molecule has 0 aromatic carbocycles. The summed E-state index contributed by atoms with van der Waals surface area (Å²) in [6, 6.07) is 1.49. The van der Waals surface area contributed by atoms with E-state index >= 15 is 0 Å².